The Bertz CT molecular complexity index is 463. The quantitative estimate of drug-likeness (QED) is 0.834. The highest BCUT2D eigenvalue weighted by molar-refractivity contribution is 5.79. The van der Waals surface area contributed by atoms with Gasteiger partial charge in [0.2, 0.25) is 0 Å². The molecular formula is C16H26N2O4. The fourth-order valence-electron chi connectivity index (χ4n) is 3.88. The predicted molar refractivity (Wildman–Crippen MR) is 80.6 cm³/mol. The lowest BCUT2D eigenvalue weighted by Crippen LogP contribution is -2.49. The van der Waals surface area contributed by atoms with E-state index in [0.29, 0.717) is 32.0 Å². The first kappa shape index (κ1) is 15.6. The molecule has 22 heavy (non-hydrogen) atoms. The number of aliphatic carboxylic acids is 1. The van der Waals surface area contributed by atoms with E-state index in [4.69, 9.17) is 4.74 Å². The standard InChI is InChI=1S/C16H26N2O4/c1-15(13(19)20)6-7-18(11-15)14(21)17-10-12-3-8-22-16(9-12)4-2-5-16/h12H,2-11H2,1H3,(H,17,21)(H,19,20). The molecule has 1 saturated carbocycles. The van der Waals surface area contributed by atoms with Crippen molar-refractivity contribution in [2.45, 2.75) is 51.0 Å². The molecule has 1 spiro atoms. The van der Waals surface area contributed by atoms with Gasteiger partial charge >= 0.3 is 12.0 Å². The lowest BCUT2D eigenvalue weighted by atomic mass is 9.72. The van der Waals surface area contributed by atoms with Gasteiger partial charge in [0.25, 0.3) is 0 Å². The number of carboxylic acids is 1. The minimum atomic E-state index is -0.820. The summed E-state index contributed by atoms with van der Waals surface area (Å²) in [6.45, 7) is 3.99. The first-order valence-electron chi connectivity index (χ1n) is 8.33. The van der Waals surface area contributed by atoms with Crippen molar-refractivity contribution in [3.8, 4) is 0 Å². The molecule has 2 unspecified atom stereocenters. The van der Waals surface area contributed by atoms with E-state index in [0.717, 1.165) is 32.3 Å². The zero-order valence-electron chi connectivity index (χ0n) is 13.3. The lowest BCUT2D eigenvalue weighted by Gasteiger charge is -2.47. The van der Waals surface area contributed by atoms with Gasteiger partial charge in [-0.05, 0) is 51.4 Å². The van der Waals surface area contributed by atoms with Gasteiger partial charge in [0, 0.05) is 26.2 Å². The summed E-state index contributed by atoms with van der Waals surface area (Å²) >= 11 is 0. The topological polar surface area (TPSA) is 78.9 Å². The molecule has 2 atom stereocenters. The Hall–Kier alpha value is -1.30. The molecule has 2 heterocycles. The molecule has 2 amide bonds. The molecule has 6 nitrogen and oxygen atoms in total. The van der Waals surface area contributed by atoms with Crippen molar-refractivity contribution in [2.24, 2.45) is 11.3 Å². The Morgan fingerprint density at radius 3 is 2.73 bits per heavy atom. The van der Waals surface area contributed by atoms with Crippen molar-refractivity contribution in [2.75, 3.05) is 26.2 Å². The fraction of sp³-hybridized carbons (Fsp3) is 0.875. The van der Waals surface area contributed by atoms with Crippen molar-refractivity contribution < 1.29 is 19.4 Å². The molecule has 2 aliphatic heterocycles. The van der Waals surface area contributed by atoms with Crippen LogP contribution >= 0.6 is 0 Å². The van der Waals surface area contributed by atoms with Gasteiger partial charge < -0.3 is 20.1 Å². The van der Waals surface area contributed by atoms with Crippen LogP contribution < -0.4 is 5.32 Å². The Morgan fingerprint density at radius 2 is 2.14 bits per heavy atom. The van der Waals surface area contributed by atoms with E-state index < -0.39 is 11.4 Å². The van der Waals surface area contributed by atoms with Crippen molar-refractivity contribution in [1.82, 2.24) is 10.2 Å². The number of urea groups is 1. The SMILES string of the molecule is CC1(C(=O)O)CCN(C(=O)NCC2CCOC3(CCC3)C2)C1. The third kappa shape index (κ3) is 2.93. The third-order valence-electron chi connectivity index (χ3n) is 5.68. The van der Waals surface area contributed by atoms with Crippen molar-refractivity contribution in [3.05, 3.63) is 0 Å². The van der Waals surface area contributed by atoms with Crippen LogP contribution in [0.25, 0.3) is 0 Å². The molecule has 3 rings (SSSR count). The van der Waals surface area contributed by atoms with Gasteiger partial charge in [-0.2, -0.15) is 0 Å². The van der Waals surface area contributed by atoms with Crippen LogP contribution in [-0.2, 0) is 9.53 Å². The molecule has 0 bridgehead atoms. The Labute approximate surface area is 131 Å². The Kier molecular flexibility index (Phi) is 4.05. The van der Waals surface area contributed by atoms with Crippen molar-refractivity contribution in [1.29, 1.82) is 0 Å². The van der Waals surface area contributed by atoms with Crippen molar-refractivity contribution >= 4 is 12.0 Å². The molecular weight excluding hydrogens is 284 g/mol. The maximum absolute atomic E-state index is 12.2. The average Bonchev–Trinajstić information content (AvgIpc) is 2.87. The highest BCUT2D eigenvalue weighted by Gasteiger charge is 2.44. The summed E-state index contributed by atoms with van der Waals surface area (Å²) in [6.07, 6.45) is 6.12. The van der Waals surface area contributed by atoms with Crippen LogP contribution in [0, 0.1) is 11.3 Å². The number of carboxylic acid groups (broad SMARTS) is 1. The van der Waals surface area contributed by atoms with Crippen molar-refractivity contribution in [3.63, 3.8) is 0 Å². The summed E-state index contributed by atoms with van der Waals surface area (Å²) in [7, 11) is 0. The molecule has 2 N–H and O–H groups in total. The minimum Gasteiger partial charge on any atom is -0.481 e. The number of amides is 2. The summed E-state index contributed by atoms with van der Waals surface area (Å²) in [5.74, 6) is -0.342. The van der Waals surface area contributed by atoms with E-state index in [1.54, 1.807) is 11.8 Å². The van der Waals surface area contributed by atoms with E-state index in [1.807, 2.05) is 0 Å². The van der Waals surface area contributed by atoms with Crippen LogP contribution in [0.1, 0.15) is 45.4 Å². The lowest BCUT2D eigenvalue weighted by molar-refractivity contribution is -0.147. The Balaban J connectivity index is 1.46. The van der Waals surface area contributed by atoms with Crippen LogP contribution in [0.5, 0.6) is 0 Å². The molecule has 3 aliphatic rings. The van der Waals surface area contributed by atoms with Gasteiger partial charge in [0.1, 0.15) is 0 Å². The van der Waals surface area contributed by atoms with E-state index >= 15 is 0 Å². The first-order chi connectivity index (χ1) is 10.4. The van der Waals surface area contributed by atoms with Crippen LogP contribution in [0.3, 0.4) is 0 Å². The van der Waals surface area contributed by atoms with E-state index in [-0.39, 0.29) is 11.6 Å². The second kappa shape index (κ2) is 5.72. The van der Waals surface area contributed by atoms with Gasteiger partial charge in [-0.1, -0.05) is 0 Å². The van der Waals surface area contributed by atoms with Gasteiger partial charge in [-0.3, -0.25) is 4.79 Å². The second-order valence-electron chi connectivity index (χ2n) is 7.47. The monoisotopic (exact) mass is 310 g/mol. The molecule has 2 saturated heterocycles. The number of carbonyl (C=O) groups excluding carboxylic acids is 1. The fourth-order valence-corrected chi connectivity index (χ4v) is 3.88. The number of ether oxygens (including phenoxy) is 1. The van der Waals surface area contributed by atoms with Gasteiger partial charge in [0.15, 0.2) is 0 Å². The van der Waals surface area contributed by atoms with Crippen LogP contribution in [0.2, 0.25) is 0 Å². The first-order valence-corrected chi connectivity index (χ1v) is 8.33. The highest BCUT2D eigenvalue weighted by atomic mass is 16.5. The molecule has 124 valence electrons. The number of nitrogens with one attached hydrogen (secondary N) is 1. The number of hydrogen-bond acceptors (Lipinski definition) is 3. The van der Waals surface area contributed by atoms with Crippen LogP contribution in [-0.4, -0.2) is 53.8 Å². The number of likely N-dealkylation sites (tertiary alicyclic amines) is 1. The summed E-state index contributed by atoms with van der Waals surface area (Å²) in [6, 6.07) is -0.126. The van der Waals surface area contributed by atoms with Gasteiger partial charge in [0.05, 0.1) is 11.0 Å². The molecule has 0 aromatic carbocycles. The molecule has 0 aromatic rings. The largest absolute Gasteiger partial charge is 0.481 e. The van der Waals surface area contributed by atoms with E-state index in [9.17, 15) is 14.7 Å². The maximum atomic E-state index is 12.2. The van der Waals surface area contributed by atoms with E-state index in [1.165, 1.54) is 6.42 Å². The zero-order valence-corrected chi connectivity index (χ0v) is 13.3. The number of hydrogen-bond donors (Lipinski definition) is 2. The predicted octanol–water partition coefficient (Wildman–Crippen LogP) is 1.84. The van der Waals surface area contributed by atoms with Crippen LogP contribution in [0.4, 0.5) is 4.79 Å². The number of nitrogens with zero attached hydrogens (tertiary/aromatic N) is 1. The maximum Gasteiger partial charge on any atom is 0.317 e. The zero-order chi connectivity index (χ0) is 15.8. The average molecular weight is 310 g/mol. The summed E-state index contributed by atoms with van der Waals surface area (Å²) in [5.41, 5.74) is -0.699. The molecule has 3 fully saturated rings. The van der Waals surface area contributed by atoms with Crippen LogP contribution in [0.15, 0.2) is 0 Å². The van der Waals surface area contributed by atoms with E-state index in [2.05, 4.69) is 5.32 Å². The number of rotatable bonds is 3. The van der Waals surface area contributed by atoms with Gasteiger partial charge in [-0.15, -0.1) is 0 Å². The normalized spacial score (nSPS) is 33.5. The molecule has 0 radical (unpaired) electrons. The molecule has 1 aliphatic carbocycles. The highest BCUT2D eigenvalue weighted by Crippen LogP contribution is 2.44. The summed E-state index contributed by atoms with van der Waals surface area (Å²) < 4.78 is 5.90. The van der Waals surface area contributed by atoms with Gasteiger partial charge in [-0.25, -0.2) is 4.79 Å². The Morgan fingerprint density at radius 1 is 1.36 bits per heavy atom. The second-order valence-corrected chi connectivity index (χ2v) is 7.47. The minimum absolute atomic E-state index is 0.100. The molecule has 6 heteroatoms. The molecule has 0 aromatic heterocycles. The smallest absolute Gasteiger partial charge is 0.317 e. The number of carbonyl (C=O) groups is 2. The summed E-state index contributed by atoms with van der Waals surface area (Å²) in [4.78, 5) is 25.1. The summed E-state index contributed by atoms with van der Waals surface area (Å²) in [5, 5.41) is 12.2. The third-order valence-corrected chi connectivity index (χ3v) is 5.68.